The van der Waals surface area contributed by atoms with Crippen LogP contribution in [0.15, 0.2) is 18.2 Å². The highest BCUT2D eigenvalue weighted by Gasteiger charge is 2.13. The predicted octanol–water partition coefficient (Wildman–Crippen LogP) is 2.33. The maximum Gasteiger partial charge on any atom is 0.153 e. The van der Waals surface area contributed by atoms with Gasteiger partial charge in [0.25, 0.3) is 0 Å². The van der Waals surface area contributed by atoms with Gasteiger partial charge < -0.3 is 5.73 Å². The number of Topliss-reactive ketones (excluding diaryl/α,β-unsaturated/α-hetero) is 1. The van der Waals surface area contributed by atoms with Gasteiger partial charge in [0.05, 0.1) is 6.04 Å². The monoisotopic (exact) mass is 229 g/mol. The van der Waals surface area contributed by atoms with E-state index in [0.29, 0.717) is 12.0 Å². The summed E-state index contributed by atoms with van der Waals surface area (Å²) in [4.78, 5) is 11.5. The summed E-state index contributed by atoms with van der Waals surface area (Å²) in [7, 11) is 0. The van der Waals surface area contributed by atoms with Gasteiger partial charge in [-0.1, -0.05) is 24.6 Å². The lowest BCUT2D eigenvalue weighted by Gasteiger charge is -2.08. The zero-order chi connectivity index (χ0) is 11.4. The van der Waals surface area contributed by atoms with Crippen LogP contribution >= 0.6 is 11.6 Å². The van der Waals surface area contributed by atoms with Gasteiger partial charge in [0.15, 0.2) is 5.78 Å². The number of carbonyl (C=O) groups excluding carboxylic acids is 1. The van der Waals surface area contributed by atoms with Crippen LogP contribution in [0.4, 0.5) is 4.39 Å². The molecule has 1 aromatic carbocycles. The molecule has 2 N–H and O–H groups in total. The van der Waals surface area contributed by atoms with Crippen molar-refractivity contribution in [1.29, 1.82) is 0 Å². The Balaban J connectivity index is 2.77. The van der Waals surface area contributed by atoms with E-state index in [1.807, 2.05) is 6.92 Å². The van der Waals surface area contributed by atoms with E-state index < -0.39 is 11.9 Å². The van der Waals surface area contributed by atoms with E-state index in [0.717, 1.165) is 0 Å². The van der Waals surface area contributed by atoms with Gasteiger partial charge in [0.2, 0.25) is 0 Å². The average molecular weight is 230 g/mol. The predicted molar refractivity (Wildman–Crippen MR) is 58.4 cm³/mol. The molecule has 0 aliphatic heterocycles. The molecule has 0 aromatic heterocycles. The molecule has 15 heavy (non-hydrogen) atoms. The summed E-state index contributed by atoms with van der Waals surface area (Å²) in [6.07, 6.45) is 0.756. The normalized spacial score (nSPS) is 12.5. The van der Waals surface area contributed by atoms with Crippen LogP contribution in [0.25, 0.3) is 0 Å². The molecule has 0 bridgehead atoms. The van der Waals surface area contributed by atoms with Crippen molar-refractivity contribution in [2.24, 2.45) is 5.73 Å². The molecule has 1 unspecified atom stereocenters. The molecule has 0 amide bonds. The highest BCUT2D eigenvalue weighted by molar-refractivity contribution is 6.31. The molecule has 1 rings (SSSR count). The van der Waals surface area contributed by atoms with Crippen molar-refractivity contribution in [2.45, 2.75) is 25.8 Å². The van der Waals surface area contributed by atoms with Crippen LogP contribution in [-0.2, 0) is 11.2 Å². The summed E-state index contributed by atoms with van der Waals surface area (Å²) in [6, 6.07) is 3.53. The number of nitrogens with two attached hydrogens (primary N) is 1. The Morgan fingerprint density at radius 3 is 2.80 bits per heavy atom. The van der Waals surface area contributed by atoms with Crippen LogP contribution in [0.1, 0.15) is 18.9 Å². The summed E-state index contributed by atoms with van der Waals surface area (Å²) >= 11 is 5.79. The van der Waals surface area contributed by atoms with Crippen molar-refractivity contribution in [3.05, 3.63) is 34.6 Å². The molecule has 4 heteroatoms. The first-order valence-electron chi connectivity index (χ1n) is 4.76. The van der Waals surface area contributed by atoms with E-state index >= 15 is 0 Å². The third-order valence-electron chi connectivity index (χ3n) is 2.23. The molecule has 2 nitrogen and oxygen atoms in total. The first-order chi connectivity index (χ1) is 7.04. The molecule has 1 aromatic rings. The molecule has 0 saturated heterocycles. The van der Waals surface area contributed by atoms with Gasteiger partial charge in [-0.3, -0.25) is 4.79 Å². The highest BCUT2D eigenvalue weighted by Crippen LogP contribution is 2.18. The number of hydrogen-bond donors (Lipinski definition) is 1. The third-order valence-corrected chi connectivity index (χ3v) is 2.59. The van der Waals surface area contributed by atoms with Crippen molar-refractivity contribution in [2.75, 3.05) is 0 Å². The Morgan fingerprint density at radius 1 is 1.60 bits per heavy atom. The maximum atomic E-state index is 12.7. The Hall–Kier alpha value is -0.930. The second-order valence-electron chi connectivity index (χ2n) is 3.39. The van der Waals surface area contributed by atoms with E-state index in [1.54, 1.807) is 0 Å². The van der Waals surface area contributed by atoms with Gasteiger partial charge in [-0.05, 0) is 24.1 Å². The van der Waals surface area contributed by atoms with Crippen LogP contribution in [0.2, 0.25) is 5.02 Å². The van der Waals surface area contributed by atoms with Crippen LogP contribution in [0.5, 0.6) is 0 Å². The Morgan fingerprint density at radius 2 is 2.27 bits per heavy atom. The summed E-state index contributed by atoms with van der Waals surface area (Å²) in [5, 5.41) is 0.270. The molecular formula is C11H13ClFNO. The molecule has 0 aliphatic rings. The first kappa shape index (κ1) is 12.1. The molecule has 0 heterocycles. The van der Waals surface area contributed by atoms with Crippen LogP contribution in [-0.4, -0.2) is 11.8 Å². The summed E-state index contributed by atoms with van der Waals surface area (Å²) in [5.74, 6) is -0.484. The fourth-order valence-electron chi connectivity index (χ4n) is 1.21. The molecule has 0 fully saturated rings. The number of hydrogen-bond acceptors (Lipinski definition) is 2. The van der Waals surface area contributed by atoms with Crippen molar-refractivity contribution in [3.63, 3.8) is 0 Å². The number of benzene rings is 1. The summed E-state index contributed by atoms with van der Waals surface area (Å²) in [6.45, 7) is 1.84. The van der Waals surface area contributed by atoms with Crippen LogP contribution in [0, 0.1) is 5.82 Å². The van der Waals surface area contributed by atoms with E-state index in [1.165, 1.54) is 18.2 Å². The van der Waals surface area contributed by atoms with Gasteiger partial charge in [0.1, 0.15) is 5.82 Å². The smallest absolute Gasteiger partial charge is 0.153 e. The van der Waals surface area contributed by atoms with Gasteiger partial charge in [-0.15, -0.1) is 0 Å². The molecule has 0 radical (unpaired) electrons. The lowest BCUT2D eigenvalue weighted by molar-refractivity contribution is -0.119. The highest BCUT2D eigenvalue weighted by atomic mass is 35.5. The lowest BCUT2D eigenvalue weighted by atomic mass is 10.0. The first-order valence-corrected chi connectivity index (χ1v) is 5.14. The van der Waals surface area contributed by atoms with Crippen molar-refractivity contribution in [3.8, 4) is 0 Å². The van der Waals surface area contributed by atoms with E-state index in [4.69, 9.17) is 17.3 Å². The minimum Gasteiger partial charge on any atom is -0.322 e. The largest absolute Gasteiger partial charge is 0.322 e. The quantitative estimate of drug-likeness (QED) is 0.861. The van der Waals surface area contributed by atoms with Gasteiger partial charge >= 0.3 is 0 Å². The maximum absolute atomic E-state index is 12.7. The number of carbonyl (C=O) groups is 1. The zero-order valence-corrected chi connectivity index (χ0v) is 9.22. The van der Waals surface area contributed by atoms with E-state index in [2.05, 4.69) is 0 Å². The molecule has 1 atom stereocenters. The minimum absolute atomic E-state index is 0.0778. The minimum atomic E-state index is -0.467. The second kappa shape index (κ2) is 5.24. The average Bonchev–Trinajstić information content (AvgIpc) is 2.20. The SMILES string of the molecule is CCC(N)C(=O)Cc1ccc(F)cc1Cl. The zero-order valence-electron chi connectivity index (χ0n) is 8.47. The van der Waals surface area contributed by atoms with Gasteiger partial charge in [-0.25, -0.2) is 4.39 Å². The van der Waals surface area contributed by atoms with Gasteiger partial charge in [-0.2, -0.15) is 0 Å². The second-order valence-corrected chi connectivity index (χ2v) is 3.80. The number of ketones is 1. The van der Waals surface area contributed by atoms with Gasteiger partial charge in [0, 0.05) is 11.4 Å². The van der Waals surface area contributed by atoms with E-state index in [-0.39, 0.29) is 17.2 Å². The van der Waals surface area contributed by atoms with Crippen molar-refractivity contribution >= 4 is 17.4 Å². The topological polar surface area (TPSA) is 43.1 Å². The lowest BCUT2D eigenvalue weighted by Crippen LogP contribution is -2.30. The fraction of sp³-hybridized carbons (Fsp3) is 0.364. The number of halogens is 2. The molecule has 82 valence electrons. The van der Waals surface area contributed by atoms with Crippen LogP contribution in [0.3, 0.4) is 0 Å². The Labute approximate surface area is 93.2 Å². The molecule has 0 saturated carbocycles. The molecular weight excluding hydrogens is 217 g/mol. The number of rotatable bonds is 4. The fourth-order valence-corrected chi connectivity index (χ4v) is 1.45. The van der Waals surface area contributed by atoms with Crippen LogP contribution < -0.4 is 5.73 Å². The molecule has 0 aliphatic carbocycles. The standard InChI is InChI=1S/C11H13ClFNO/c1-2-10(14)11(15)5-7-3-4-8(13)6-9(7)12/h3-4,6,10H,2,5,14H2,1H3. The summed E-state index contributed by atoms with van der Waals surface area (Å²) in [5.41, 5.74) is 6.20. The van der Waals surface area contributed by atoms with Crippen molar-refractivity contribution in [1.82, 2.24) is 0 Å². The Kier molecular flexibility index (Phi) is 4.24. The Bertz CT molecular complexity index is 368. The van der Waals surface area contributed by atoms with E-state index in [9.17, 15) is 9.18 Å². The third kappa shape index (κ3) is 3.29. The summed E-state index contributed by atoms with van der Waals surface area (Å²) < 4.78 is 12.7. The van der Waals surface area contributed by atoms with Crippen molar-refractivity contribution < 1.29 is 9.18 Å². The molecule has 0 spiro atoms.